The zero-order valence-corrected chi connectivity index (χ0v) is 17.3. The molecule has 0 saturated heterocycles. The Balaban J connectivity index is 2.44. The van der Waals surface area contributed by atoms with Gasteiger partial charge in [0.05, 0.1) is 11.0 Å². The second-order valence-electron chi connectivity index (χ2n) is 8.67. The number of hydrogen-bond donors (Lipinski definition) is 2. The molecule has 2 aromatic rings. The highest BCUT2D eigenvalue weighted by Crippen LogP contribution is 2.26. The Hall–Kier alpha value is -2.18. The van der Waals surface area contributed by atoms with Crippen molar-refractivity contribution in [2.75, 3.05) is 20.6 Å². The number of rotatable bonds is 8. The van der Waals surface area contributed by atoms with Crippen LogP contribution >= 0.6 is 0 Å². The maximum atomic E-state index is 11.2. The highest BCUT2D eigenvalue weighted by atomic mass is 16.5. The maximum absolute atomic E-state index is 11.2. The van der Waals surface area contributed by atoms with E-state index in [0.29, 0.717) is 5.92 Å². The lowest BCUT2D eigenvalue weighted by Gasteiger charge is -2.29. The Bertz CT molecular complexity index is 819. The number of nitrogens with zero attached hydrogens (tertiary/aromatic N) is 3. The molecular weight excluding hydrogens is 340 g/mol. The molecule has 0 fully saturated rings. The van der Waals surface area contributed by atoms with Gasteiger partial charge in [-0.15, -0.1) is 0 Å². The Kier molecular flexibility index (Phi) is 6.78. The SMILES string of the molecule is CC(C)Cc1nc2cc(C=CC(=O)NO)ccc2n1CC(C)(C)CN(C)C. The van der Waals surface area contributed by atoms with Crippen LogP contribution in [0.4, 0.5) is 0 Å². The van der Waals surface area contributed by atoms with Crippen molar-refractivity contribution in [1.29, 1.82) is 0 Å². The van der Waals surface area contributed by atoms with E-state index in [1.54, 1.807) is 11.6 Å². The summed E-state index contributed by atoms with van der Waals surface area (Å²) in [6.07, 6.45) is 3.89. The van der Waals surface area contributed by atoms with E-state index in [-0.39, 0.29) is 5.41 Å². The number of carbonyl (C=O) groups is 1. The molecule has 0 aliphatic rings. The molecule has 148 valence electrons. The van der Waals surface area contributed by atoms with Crippen LogP contribution < -0.4 is 5.48 Å². The Morgan fingerprint density at radius 1 is 1.37 bits per heavy atom. The predicted octanol–water partition coefficient (Wildman–Crippen LogP) is 3.34. The van der Waals surface area contributed by atoms with Crippen molar-refractivity contribution in [3.05, 3.63) is 35.7 Å². The molecule has 2 N–H and O–H groups in total. The van der Waals surface area contributed by atoms with E-state index in [9.17, 15) is 4.79 Å². The minimum Gasteiger partial charge on any atom is -0.327 e. The molecule has 0 aliphatic heterocycles. The lowest BCUT2D eigenvalue weighted by atomic mass is 9.92. The van der Waals surface area contributed by atoms with Gasteiger partial charge in [-0.3, -0.25) is 10.0 Å². The topological polar surface area (TPSA) is 70.4 Å². The zero-order valence-electron chi connectivity index (χ0n) is 17.3. The fourth-order valence-electron chi connectivity index (χ4n) is 3.54. The molecule has 0 spiro atoms. The summed E-state index contributed by atoms with van der Waals surface area (Å²) in [7, 11) is 4.20. The third kappa shape index (κ3) is 5.91. The number of aromatic nitrogens is 2. The maximum Gasteiger partial charge on any atom is 0.267 e. The van der Waals surface area contributed by atoms with E-state index in [0.717, 1.165) is 41.9 Å². The number of benzene rings is 1. The molecule has 1 amide bonds. The van der Waals surface area contributed by atoms with Crippen molar-refractivity contribution in [3.8, 4) is 0 Å². The van der Waals surface area contributed by atoms with Crippen LogP contribution in [0.5, 0.6) is 0 Å². The molecule has 0 bridgehead atoms. The summed E-state index contributed by atoms with van der Waals surface area (Å²) in [6, 6.07) is 6.02. The quantitative estimate of drug-likeness (QED) is 0.424. The van der Waals surface area contributed by atoms with E-state index < -0.39 is 5.91 Å². The molecule has 1 aromatic carbocycles. The summed E-state index contributed by atoms with van der Waals surface area (Å²) in [5, 5.41) is 8.61. The predicted molar refractivity (Wildman–Crippen MR) is 110 cm³/mol. The van der Waals surface area contributed by atoms with Gasteiger partial charge < -0.3 is 9.47 Å². The van der Waals surface area contributed by atoms with Gasteiger partial charge in [0.1, 0.15) is 5.82 Å². The van der Waals surface area contributed by atoms with Crippen LogP contribution in [0.15, 0.2) is 24.3 Å². The van der Waals surface area contributed by atoms with Gasteiger partial charge in [-0.2, -0.15) is 0 Å². The lowest BCUT2D eigenvalue weighted by molar-refractivity contribution is -0.124. The van der Waals surface area contributed by atoms with Gasteiger partial charge in [-0.25, -0.2) is 10.5 Å². The van der Waals surface area contributed by atoms with Crippen LogP contribution in [-0.2, 0) is 17.8 Å². The third-order valence-corrected chi connectivity index (χ3v) is 4.31. The molecule has 0 aliphatic carbocycles. The first-order chi connectivity index (χ1) is 12.6. The van der Waals surface area contributed by atoms with Crippen molar-refractivity contribution in [2.45, 2.75) is 40.7 Å². The molecule has 27 heavy (non-hydrogen) atoms. The summed E-state index contributed by atoms with van der Waals surface area (Å²) in [5.41, 5.74) is 4.63. The van der Waals surface area contributed by atoms with Crippen molar-refractivity contribution in [2.24, 2.45) is 11.3 Å². The van der Waals surface area contributed by atoms with Gasteiger partial charge in [-0.1, -0.05) is 33.8 Å². The van der Waals surface area contributed by atoms with Crippen LogP contribution in [0.25, 0.3) is 17.1 Å². The summed E-state index contributed by atoms with van der Waals surface area (Å²) in [4.78, 5) is 18.3. The normalized spacial score (nSPS) is 12.6. The van der Waals surface area contributed by atoms with Crippen LogP contribution in [0.2, 0.25) is 0 Å². The number of fused-ring (bicyclic) bond motifs is 1. The molecule has 1 aromatic heterocycles. The lowest BCUT2D eigenvalue weighted by Crippen LogP contribution is -2.33. The fourth-order valence-corrected chi connectivity index (χ4v) is 3.54. The van der Waals surface area contributed by atoms with Crippen molar-refractivity contribution in [3.63, 3.8) is 0 Å². The molecule has 6 nitrogen and oxygen atoms in total. The zero-order chi connectivity index (χ0) is 20.2. The minimum absolute atomic E-state index is 0.112. The molecule has 2 rings (SSSR count). The van der Waals surface area contributed by atoms with Crippen LogP contribution in [0.1, 0.15) is 39.1 Å². The molecule has 0 saturated carbocycles. The van der Waals surface area contributed by atoms with E-state index in [2.05, 4.69) is 57.3 Å². The van der Waals surface area contributed by atoms with Crippen LogP contribution in [-0.4, -0.2) is 46.2 Å². The van der Waals surface area contributed by atoms with Crippen LogP contribution in [0, 0.1) is 11.3 Å². The number of amides is 1. The number of imidazole rings is 1. The second-order valence-corrected chi connectivity index (χ2v) is 8.67. The monoisotopic (exact) mass is 372 g/mol. The smallest absolute Gasteiger partial charge is 0.267 e. The Labute approximate surface area is 161 Å². The summed E-state index contributed by atoms with van der Waals surface area (Å²) in [6.45, 7) is 10.9. The summed E-state index contributed by atoms with van der Waals surface area (Å²) in [5.74, 6) is 1.07. The van der Waals surface area contributed by atoms with E-state index >= 15 is 0 Å². The first-order valence-corrected chi connectivity index (χ1v) is 9.37. The molecular formula is C21H32N4O2. The average Bonchev–Trinajstić information content (AvgIpc) is 2.86. The second kappa shape index (κ2) is 8.67. The number of nitrogens with one attached hydrogen (secondary N) is 1. The van der Waals surface area contributed by atoms with Gasteiger partial charge in [-0.05, 0) is 49.2 Å². The van der Waals surface area contributed by atoms with Crippen molar-refractivity contribution < 1.29 is 10.0 Å². The van der Waals surface area contributed by atoms with Gasteiger partial charge >= 0.3 is 0 Å². The molecule has 0 unspecified atom stereocenters. The molecule has 6 heteroatoms. The fraction of sp³-hybridized carbons (Fsp3) is 0.524. The van der Waals surface area contributed by atoms with Gasteiger partial charge in [0.2, 0.25) is 0 Å². The summed E-state index contributed by atoms with van der Waals surface area (Å²) >= 11 is 0. The third-order valence-electron chi connectivity index (χ3n) is 4.31. The average molecular weight is 373 g/mol. The van der Waals surface area contributed by atoms with Gasteiger partial charge in [0, 0.05) is 25.6 Å². The Morgan fingerprint density at radius 2 is 2.07 bits per heavy atom. The standard InChI is InChI=1S/C21H32N4O2/c1-15(2)11-19-22-17-12-16(8-10-20(26)23-27)7-9-18(17)25(19)14-21(3,4)13-24(5)6/h7-10,12,15,27H,11,13-14H2,1-6H3,(H,23,26). The van der Waals surface area contributed by atoms with Crippen molar-refractivity contribution in [1.82, 2.24) is 19.9 Å². The highest BCUT2D eigenvalue weighted by molar-refractivity contribution is 5.91. The van der Waals surface area contributed by atoms with Crippen LogP contribution in [0.3, 0.4) is 0 Å². The molecule has 1 heterocycles. The Morgan fingerprint density at radius 3 is 2.67 bits per heavy atom. The number of hydrogen-bond acceptors (Lipinski definition) is 4. The summed E-state index contributed by atoms with van der Waals surface area (Å²) < 4.78 is 2.34. The minimum atomic E-state index is -0.549. The highest BCUT2D eigenvalue weighted by Gasteiger charge is 2.23. The first-order valence-electron chi connectivity index (χ1n) is 9.37. The van der Waals surface area contributed by atoms with Crippen molar-refractivity contribution >= 4 is 23.0 Å². The van der Waals surface area contributed by atoms with E-state index in [1.165, 1.54) is 6.08 Å². The molecule has 0 atom stereocenters. The number of carbonyl (C=O) groups excluding carboxylic acids is 1. The van der Waals surface area contributed by atoms with E-state index in [1.807, 2.05) is 12.1 Å². The van der Waals surface area contributed by atoms with Gasteiger partial charge in [0.25, 0.3) is 5.91 Å². The largest absolute Gasteiger partial charge is 0.327 e. The molecule has 0 radical (unpaired) electrons. The van der Waals surface area contributed by atoms with Gasteiger partial charge in [0.15, 0.2) is 0 Å². The first kappa shape index (κ1) is 21.1. The van der Waals surface area contributed by atoms with E-state index in [4.69, 9.17) is 10.2 Å². The number of hydroxylamine groups is 1.